The number of nitrogens with zero attached hydrogens (tertiary/aromatic N) is 10. The maximum atomic E-state index is 17.2. The Morgan fingerprint density at radius 2 is 1.74 bits per heavy atom. The fourth-order valence-corrected chi connectivity index (χ4v) is 14.5. The van der Waals surface area contributed by atoms with Gasteiger partial charge in [0.2, 0.25) is 11.8 Å². The van der Waals surface area contributed by atoms with Crippen molar-refractivity contribution in [2.75, 3.05) is 81.9 Å². The highest BCUT2D eigenvalue weighted by Gasteiger charge is 2.45. The molecule has 84 heavy (non-hydrogen) atoms. The average molecular weight is 1170 g/mol. The summed E-state index contributed by atoms with van der Waals surface area (Å²) in [6.07, 6.45) is 4.49. The first-order valence-corrected chi connectivity index (χ1v) is 30.8. The largest absolute Gasteiger partial charge is 0.508 e. The van der Waals surface area contributed by atoms with E-state index in [0.29, 0.717) is 119 Å². The van der Waals surface area contributed by atoms with Crippen molar-refractivity contribution in [1.82, 2.24) is 50.4 Å². The Morgan fingerprint density at radius 3 is 2.45 bits per heavy atom. The van der Waals surface area contributed by atoms with Gasteiger partial charge in [-0.2, -0.15) is 9.97 Å². The molecular formula is C63H76F2N12O6S. The number of carbonyl (C=O) groups is 2. The van der Waals surface area contributed by atoms with Crippen LogP contribution in [-0.2, 0) is 16.0 Å². The number of ether oxygens (including phenoxy) is 1. The van der Waals surface area contributed by atoms with Crippen molar-refractivity contribution < 1.29 is 37.8 Å². The predicted octanol–water partition coefficient (Wildman–Crippen LogP) is 8.59. The molecule has 7 aromatic rings. The molecule has 2 bridgehead atoms. The van der Waals surface area contributed by atoms with E-state index in [-0.39, 0.29) is 72.4 Å². The van der Waals surface area contributed by atoms with E-state index >= 15 is 8.78 Å². The number of carbonyl (C=O) groups excluding carboxylic acids is 2. The second-order valence-corrected chi connectivity index (χ2v) is 25.2. The molecule has 2 unspecified atom stereocenters. The van der Waals surface area contributed by atoms with E-state index in [1.165, 1.54) is 4.90 Å². The van der Waals surface area contributed by atoms with Crippen LogP contribution in [0.25, 0.3) is 43.4 Å². The third kappa shape index (κ3) is 11.7. The summed E-state index contributed by atoms with van der Waals surface area (Å²) in [5, 5.41) is 35.0. The minimum absolute atomic E-state index is 0.0201. The highest BCUT2D eigenvalue weighted by Crippen LogP contribution is 2.40. The number of amides is 2. The summed E-state index contributed by atoms with van der Waals surface area (Å²) in [4.78, 5) is 58.4. The maximum Gasteiger partial charge on any atom is 0.319 e. The fourth-order valence-electron chi connectivity index (χ4n) is 13.7. The monoisotopic (exact) mass is 1170 g/mol. The molecule has 5 fully saturated rings. The lowest BCUT2D eigenvalue weighted by atomic mass is 9.91. The third-order valence-electron chi connectivity index (χ3n) is 18.1. The van der Waals surface area contributed by atoms with Crippen molar-refractivity contribution in [2.24, 2.45) is 5.92 Å². The molecule has 0 spiro atoms. The van der Waals surface area contributed by atoms with Gasteiger partial charge >= 0.3 is 6.01 Å². The van der Waals surface area contributed by atoms with Gasteiger partial charge < -0.3 is 44.8 Å². The minimum atomic E-state index is -1.38. The Balaban J connectivity index is 0.652. The van der Waals surface area contributed by atoms with Gasteiger partial charge in [-0.3, -0.25) is 24.4 Å². The Bertz CT molecular complexity index is 3530. The average Bonchev–Trinajstić information content (AvgIpc) is 1.55. The number of rotatable bonds is 17. The molecule has 9 heterocycles. The molecule has 444 valence electrons. The van der Waals surface area contributed by atoms with Gasteiger partial charge in [-0.05, 0) is 98.4 Å². The van der Waals surface area contributed by atoms with E-state index < -0.39 is 29.5 Å². The molecule has 4 aromatic heterocycles. The van der Waals surface area contributed by atoms with Gasteiger partial charge in [0.15, 0.2) is 17.4 Å². The Kier molecular flexibility index (Phi) is 16.3. The molecule has 0 radical (unpaired) electrons. The number of alkyl halides is 1. The number of hydrogen-bond acceptors (Lipinski definition) is 17. The summed E-state index contributed by atoms with van der Waals surface area (Å²) in [5.74, 6) is -0.581. The molecule has 18 nitrogen and oxygen atoms in total. The number of pyridine rings is 1. The molecule has 4 N–H and O–H groups in total. The van der Waals surface area contributed by atoms with Crippen LogP contribution in [0.15, 0.2) is 76.9 Å². The third-order valence-corrected chi connectivity index (χ3v) is 19.1. The number of β-amino-alcohol motifs (C(OH)–C–C–N with tert-alkyl or cyclic N) is 1. The Morgan fingerprint density at radius 1 is 0.964 bits per heavy atom. The predicted molar refractivity (Wildman–Crippen MR) is 321 cm³/mol. The van der Waals surface area contributed by atoms with Crippen LogP contribution in [-0.4, -0.2) is 170 Å². The standard InChI is InChI=1S/C63H76F2N12O6S/c1-7-40-9-8-10-43-25-46(78)26-48(54(40)43)56-55(64)57-49(29-66-56)59(75-31-44-15-16-45(32-75)69-44)71-62(70-57)82-24-23-73-19-17-63(65,18-20-73)34-74-21-22-76(37(4)30-74)52-28-51(83-72-52)53(36(2)3)61(81)77-33-47(79)27-50(77)60(80)68-38(5)41-11-13-42(14-12-41)58-39(6)67-35-84-58/h8-14,25-26,28-29,35-38,44-45,47,50,53,69,78-79H,7,15-24,27,30-34H2,1-6H3,(H,68,80)/t37-,38-,44?,45?,47+,50-,53+/m0/s1. The number of aryl methyl sites for hydroxylation is 2. The SMILES string of the molecule is CCc1cccc2cc(O)cc(-c3ncc4c(N5CC6CCC(C5)N6)nc(OCCN5CCC(F)(CN6CCN(c7cc([C@H](C(=O)N8C[C@H](O)C[C@H]8C(=O)N[C@@H](C)c8ccc(-c9scnc9C)cc8)C(C)C)on7)[C@@H](C)C6)CC5)nc4c3F)c12. The number of hydrogen-bond donors (Lipinski definition) is 4. The number of aromatic nitrogens is 5. The van der Waals surface area contributed by atoms with Crippen LogP contribution in [0.1, 0.15) is 101 Å². The lowest BCUT2D eigenvalue weighted by Crippen LogP contribution is -2.56. The van der Waals surface area contributed by atoms with Gasteiger partial charge in [0.25, 0.3) is 0 Å². The smallest absolute Gasteiger partial charge is 0.319 e. The van der Waals surface area contributed by atoms with Gasteiger partial charge in [-0.15, -0.1) is 11.3 Å². The molecule has 0 aliphatic carbocycles. The zero-order valence-electron chi connectivity index (χ0n) is 48.7. The first kappa shape index (κ1) is 57.5. The zero-order chi connectivity index (χ0) is 58.6. The fraction of sp³-hybridized carbons (Fsp3) is 0.508. The molecule has 12 rings (SSSR count). The number of aliphatic hydroxyl groups excluding tert-OH is 1. The van der Waals surface area contributed by atoms with E-state index in [2.05, 4.69) is 47.3 Å². The van der Waals surface area contributed by atoms with E-state index in [9.17, 15) is 19.8 Å². The van der Waals surface area contributed by atoms with Crippen molar-refractivity contribution in [2.45, 2.75) is 128 Å². The second-order valence-electron chi connectivity index (χ2n) is 24.4. The highest BCUT2D eigenvalue weighted by atomic mass is 32.1. The molecule has 3 aromatic carbocycles. The lowest BCUT2D eigenvalue weighted by molar-refractivity contribution is -0.141. The lowest BCUT2D eigenvalue weighted by Gasteiger charge is -2.44. The highest BCUT2D eigenvalue weighted by molar-refractivity contribution is 7.13. The summed E-state index contributed by atoms with van der Waals surface area (Å²) in [7, 11) is 0. The number of piperazine rings is 2. The number of anilines is 2. The van der Waals surface area contributed by atoms with Crippen LogP contribution in [0.4, 0.5) is 20.4 Å². The molecule has 21 heteroatoms. The summed E-state index contributed by atoms with van der Waals surface area (Å²) in [5.41, 5.74) is 5.11. The van der Waals surface area contributed by atoms with Crippen LogP contribution < -0.4 is 25.2 Å². The number of nitrogens with one attached hydrogen (secondary N) is 2. The number of aliphatic hydroxyl groups is 1. The number of phenols is 1. The number of phenolic OH excluding ortho intramolecular Hbond substituents is 1. The van der Waals surface area contributed by atoms with Gasteiger partial charge in [0.1, 0.15) is 47.0 Å². The molecule has 7 atom stereocenters. The van der Waals surface area contributed by atoms with Crippen molar-refractivity contribution in [1.29, 1.82) is 0 Å². The summed E-state index contributed by atoms with van der Waals surface area (Å²) in [6, 6.07) is 18.4. The number of likely N-dealkylation sites (tertiary alicyclic amines) is 2. The summed E-state index contributed by atoms with van der Waals surface area (Å²) in [6.45, 7) is 17.3. The topological polar surface area (TPSA) is 202 Å². The summed E-state index contributed by atoms with van der Waals surface area (Å²) < 4.78 is 46.2. The van der Waals surface area contributed by atoms with E-state index in [1.54, 1.807) is 29.7 Å². The van der Waals surface area contributed by atoms with Crippen molar-refractivity contribution >= 4 is 56.5 Å². The van der Waals surface area contributed by atoms with Crippen molar-refractivity contribution in [3.05, 3.63) is 101 Å². The van der Waals surface area contributed by atoms with Gasteiger partial charge in [0, 0.05) is 108 Å². The van der Waals surface area contributed by atoms with E-state index in [1.807, 2.05) is 88.7 Å². The number of halogens is 2. The minimum Gasteiger partial charge on any atom is -0.508 e. The molecule has 5 aliphatic heterocycles. The molecule has 2 amide bonds. The van der Waals surface area contributed by atoms with Gasteiger partial charge in [-0.25, -0.2) is 13.8 Å². The molecule has 5 aliphatic rings. The normalized spacial score (nSPS) is 22.8. The first-order valence-electron chi connectivity index (χ1n) is 29.9. The van der Waals surface area contributed by atoms with Crippen LogP contribution in [0.3, 0.4) is 0 Å². The maximum absolute atomic E-state index is 17.2. The van der Waals surface area contributed by atoms with Crippen molar-refractivity contribution in [3.8, 4) is 33.5 Å². The second kappa shape index (κ2) is 23.9. The number of fused-ring (bicyclic) bond motifs is 4. The Hall–Kier alpha value is -6.91. The Labute approximate surface area is 492 Å². The van der Waals surface area contributed by atoms with Crippen LogP contribution in [0, 0.1) is 18.7 Å². The van der Waals surface area contributed by atoms with E-state index in [0.717, 1.165) is 50.9 Å². The van der Waals surface area contributed by atoms with Gasteiger partial charge in [-0.1, -0.05) is 68.4 Å². The number of piperidine rings is 1. The zero-order valence-corrected chi connectivity index (χ0v) is 49.5. The molecular weight excluding hydrogens is 1090 g/mol. The first-order chi connectivity index (χ1) is 40.5. The molecule has 5 saturated heterocycles. The van der Waals surface area contributed by atoms with Crippen LogP contribution in [0.5, 0.6) is 11.8 Å². The quantitative estimate of drug-likeness (QED) is 0.0675. The van der Waals surface area contributed by atoms with E-state index in [4.69, 9.17) is 24.2 Å². The number of benzene rings is 3. The number of aromatic hydroxyl groups is 1. The number of thiazole rings is 1. The van der Waals surface area contributed by atoms with Crippen LogP contribution >= 0.6 is 11.3 Å². The molecule has 0 saturated carbocycles. The van der Waals surface area contributed by atoms with Crippen LogP contribution in [0.2, 0.25) is 0 Å². The van der Waals surface area contributed by atoms with Crippen molar-refractivity contribution in [3.63, 3.8) is 0 Å². The summed E-state index contributed by atoms with van der Waals surface area (Å²) >= 11 is 1.58. The van der Waals surface area contributed by atoms with Gasteiger partial charge in [0.05, 0.1) is 33.6 Å².